The summed E-state index contributed by atoms with van der Waals surface area (Å²) in [6.45, 7) is 0. The molecule has 2 heterocycles. The zero-order chi connectivity index (χ0) is 18.1. The molecular formula is C19H13BrN6. The van der Waals surface area contributed by atoms with Gasteiger partial charge in [0.2, 0.25) is 5.95 Å². The minimum Gasteiger partial charge on any atom is -0.368 e. The fourth-order valence-corrected chi connectivity index (χ4v) is 3.21. The van der Waals surface area contributed by atoms with Crippen molar-refractivity contribution in [3.63, 3.8) is 0 Å². The molecule has 0 spiro atoms. The Morgan fingerprint density at radius 3 is 2.65 bits per heavy atom. The van der Waals surface area contributed by atoms with Crippen LogP contribution in [0.1, 0.15) is 17.0 Å². The highest BCUT2D eigenvalue weighted by molar-refractivity contribution is 9.10. The summed E-state index contributed by atoms with van der Waals surface area (Å²) in [6.07, 6.45) is 0.576. The lowest BCUT2D eigenvalue weighted by molar-refractivity contribution is 0.889. The third kappa shape index (κ3) is 2.91. The van der Waals surface area contributed by atoms with Gasteiger partial charge in [0.15, 0.2) is 11.5 Å². The van der Waals surface area contributed by atoms with Gasteiger partial charge in [-0.3, -0.25) is 0 Å². The number of nitrogens with two attached hydrogens (primary N) is 1. The predicted octanol–water partition coefficient (Wildman–Crippen LogP) is 3.60. The maximum absolute atomic E-state index is 9.31. The van der Waals surface area contributed by atoms with Gasteiger partial charge in [0, 0.05) is 22.5 Å². The Bertz CT molecular complexity index is 1160. The van der Waals surface area contributed by atoms with E-state index in [-0.39, 0.29) is 5.95 Å². The molecule has 0 saturated carbocycles. The van der Waals surface area contributed by atoms with E-state index >= 15 is 0 Å². The topological polar surface area (TPSA) is 92.9 Å². The molecule has 0 aliphatic carbocycles. The molecule has 7 heteroatoms. The van der Waals surface area contributed by atoms with E-state index in [9.17, 15) is 5.26 Å². The normalized spacial score (nSPS) is 10.8. The van der Waals surface area contributed by atoms with E-state index in [1.165, 1.54) is 4.52 Å². The molecular weight excluding hydrogens is 392 g/mol. The second-order valence-corrected chi connectivity index (χ2v) is 6.58. The van der Waals surface area contributed by atoms with E-state index in [0.29, 0.717) is 29.1 Å². The average molecular weight is 405 g/mol. The summed E-state index contributed by atoms with van der Waals surface area (Å²) in [5, 5.41) is 13.8. The van der Waals surface area contributed by atoms with Crippen molar-refractivity contribution in [3.8, 4) is 17.3 Å². The van der Waals surface area contributed by atoms with E-state index < -0.39 is 0 Å². The summed E-state index contributed by atoms with van der Waals surface area (Å²) in [4.78, 5) is 8.98. The SMILES string of the molecule is N#Cc1ccccc1-c1cc2nc(Cc3ccccc3Br)nn2c(N)n1. The Labute approximate surface area is 158 Å². The standard InChI is InChI=1S/C19H13BrN6/c20-15-8-4-2-5-12(15)9-17-24-18-10-16(23-19(22)26(18)25-17)14-7-3-1-6-13(14)11-21/h1-8,10H,9H2,(H2,22,23). The van der Waals surface area contributed by atoms with E-state index in [4.69, 9.17) is 5.73 Å². The van der Waals surface area contributed by atoms with Crippen molar-refractivity contribution in [2.45, 2.75) is 6.42 Å². The van der Waals surface area contributed by atoms with Crippen molar-refractivity contribution in [1.29, 1.82) is 5.26 Å². The fraction of sp³-hybridized carbons (Fsp3) is 0.0526. The van der Waals surface area contributed by atoms with Crippen LogP contribution >= 0.6 is 15.9 Å². The zero-order valence-electron chi connectivity index (χ0n) is 13.6. The van der Waals surface area contributed by atoms with Gasteiger partial charge in [-0.15, -0.1) is 5.10 Å². The second-order valence-electron chi connectivity index (χ2n) is 5.72. The van der Waals surface area contributed by atoms with Gasteiger partial charge in [0.1, 0.15) is 0 Å². The largest absolute Gasteiger partial charge is 0.368 e. The van der Waals surface area contributed by atoms with Gasteiger partial charge in [0.05, 0.1) is 17.3 Å². The molecule has 4 rings (SSSR count). The van der Waals surface area contributed by atoms with Gasteiger partial charge < -0.3 is 5.73 Å². The lowest BCUT2D eigenvalue weighted by Gasteiger charge is -2.05. The summed E-state index contributed by atoms with van der Waals surface area (Å²) >= 11 is 3.54. The van der Waals surface area contributed by atoms with Crippen molar-refractivity contribution >= 4 is 27.5 Å². The number of halogens is 1. The first-order valence-corrected chi connectivity index (χ1v) is 8.70. The lowest BCUT2D eigenvalue weighted by atomic mass is 10.1. The molecule has 126 valence electrons. The minimum absolute atomic E-state index is 0.233. The van der Waals surface area contributed by atoms with Crippen LogP contribution in [-0.2, 0) is 6.42 Å². The van der Waals surface area contributed by atoms with Crippen LogP contribution in [0.3, 0.4) is 0 Å². The van der Waals surface area contributed by atoms with E-state index in [2.05, 4.69) is 37.1 Å². The molecule has 0 fully saturated rings. The number of hydrogen-bond donors (Lipinski definition) is 1. The van der Waals surface area contributed by atoms with Crippen LogP contribution in [0.25, 0.3) is 16.9 Å². The number of hydrogen-bond acceptors (Lipinski definition) is 5. The van der Waals surface area contributed by atoms with Crippen LogP contribution in [0.4, 0.5) is 5.95 Å². The Morgan fingerprint density at radius 1 is 1.08 bits per heavy atom. The van der Waals surface area contributed by atoms with Crippen LogP contribution in [0, 0.1) is 11.3 Å². The van der Waals surface area contributed by atoms with Crippen LogP contribution in [0.5, 0.6) is 0 Å². The fourth-order valence-electron chi connectivity index (χ4n) is 2.78. The smallest absolute Gasteiger partial charge is 0.223 e. The van der Waals surface area contributed by atoms with Crippen molar-refractivity contribution in [2.24, 2.45) is 0 Å². The molecule has 0 aliphatic heterocycles. The molecule has 4 aromatic rings. The predicted molar refractivity (Wildman–Crippen MR) is 102 cm³/mol. The first-order valence-electron chi connectivity index (χ1n) is 7.91. The van der Waals surface area contributed by atoms with Crippen molar-refractivity contribution < 1.29 is 0 Å². The highest BCUT2D eigenvalue weighted by atomic mass is 79.9. The lowest BCUT2D eigenvalue weighted by Crippen LogP contribution is -2.03. The Morgan fingerprint density at radius 2 is 1.85 bits per heavy atom. The van der Waals surface area contributed by atoms with Gasteiger partial charge in [-0.05, 0) is 17.7 Å². The molecule has 6 nitrogen and oxygen atoms in total. The van der Waals surface area contributed by atoms with Gasteiger partial charge >= 0.3 is 0 Å². The second kappa shape index (κ2) is 6.58. The summed E-state index contributed by atoms with van der Waals surface area (Å²) in [5.41, 5.74) is 9.63. The maximum atomic E-state index is 9.31. The highest BCUT2D eigenvalue weighted by Gasteiger charge is 2.13. The Kier molecular flexibility index (Phi) is 4.11. The van der Waals surface area contributed by atoms with Gasteiger partial charge in [0.25, 0.3) is 0 Å². The molecule has 0 atom stereocenters. The number of nitrogen functional groups attached to an aromatic ring is 1. The monoisotopic (exact) mass is 404 g/mol. The molecule has 2 N–H and O–H groups in total. The van der Waals surface area contributed by atoms with Crippen LogP contribution in [0.2, 0.25) is 0 Å². The van der Waals surface area contributed by atoms with E-state index in [1.807, 2.05) is 42.5 Å². The third-order valence-electron chi connectivity index (χ3n) is 4.02. The van der Waals surface area contributed by atoms with Crippen LogP contribution in [0.15, 0.2) is 59.1 Å². The van der Waals surface area contributed by atoms with Crippen molar-refractivity contribution in [2.75, 3.05) is 5.73 Å². The molecule has 0 radical (unpaired) electrons. The quantitative estimate of drug-likeness (QED) is 0.562. The van der Waals surface area contributed by atoms with Gasteiger partial charge in [-0.25, -0.2) is 9.97 Å². The highest BCUT2D eigenvalue weighted by Crippen LogP contribution is 2.24. The summed E-state index contributed by atoms with van der Waals surface area (Å²) in [7, 11) is 0. The van der Waals surface area contributed by atoms with Crippen molar-refractivity contribution in [3.05, 3.63) is 76.0 Å². The first-order chi connectivity index (χ1) is 12.7. The van der Waals surface area contributed by atoms with E-state index in [1.54, 1.807) is 12.1 Å². The summed E-state index contributed by atoms with van der Waals surface area (Å²) in [6, 6.07) is 19.2. The van der Waals surface area contributed by atoms with Crippen LogP contribution < -0.4 is 5.73 Å². The first kappa shape index (κ1) is 16.2. The molecule has 0 amide bonds. The molecule has 2 aromatic heterocycles. The number of aromatic nitrogens is 4. The molecule has 0 unspecified atom stereocenters. The number of benzene rings is 2. The van der Waals surface area contributed by atoms with E-state index in [0.717, 1.165) is 15.6 Å². The van der Waals surface area contributed by atoms with Gasteiger partial charge in [-0.2, -0.15) is 9.78 Å². The molecule has 0 bridgehead atoms. The molecule has 0 aliphatic rings. The molecule has 26 heavy (non-hydrogen) atoms. The molecule has 0 saturated heterocycles. The Balaban J connectivity index is 1.79. The number of fused-ring (bicyclic) bond motifs is 1. The zero-order valence-corrected chi connectivity index (χ0v) is 15.2. The number of rotatable bonds is 3. The minimum atomic E-state index is 0.233. The number of nitriles is 1. The third-order valence-corrected chi connectivity index (χ3v) is 4.80. The van der Waals surface area contributed by atoms with Crippen LogP contribution in [-0.4, -0.2) is 19.6 Å². The Hall–Kier alpha value is -3.24. The number of anilines is 1. The van der Waals surface area contributed by atoms with Gasteiger partial charge in [-0.1, -0.05) is 52.3 Å². The number of nitrogens with zero attached hydrogens (tertiary/aromatic N) is 5. The maximum Gasteiger partial charge on any atom is 0.223 e. The summed E-state index contributed by atoms with van der Waals surface area (Å²) in [5.74, 6) is 0.882. The molecule has 2 aromatic carbocycles. The average Bonchev–Trinajstić information content (AvgIpc) is 3.07. The summed E-state index contributed by atoms with van der Waals surface area (Å²) < 4.78 is 2.53. The van der Waals surface area contributed by atoms with Crippen molar-refractivity contribution in [1.82, 2.24) is 19.6 Å².